The molecule has 0 heterocycles. The lowest BCUT2D eigenvalue weighted by Crippen LogP contribution is -0.562. The fourth-order valence-electron chi connectivity index (χ4n) is 0. The lowest BCUT2D eigenvalue weighted by molar-refractivity contribution is 1.15. The highest BCUT2D eigenvalue weighted by atomic mass is 14.6. The van der Waals surface area contributed by atoms with Gasteiger partial charge in [-0.15, -0.1) is 0 Å². The lowest BCUT2D eigenvalue weighted by Gasteiger charge is -0.577. The summed E-state index contributed by atoms with van der Waals surface area (Å²) in [4.78, 5) is 0. The van der Waals surface area contributed by atoms with Crippen LogP contribution in [0.1, 0.15) is 13.1 Å². The molecule has 0 saturated carbocycles. The molecule has 0 rings (SSSR count). The van der Waals surface area contributed by atoms with Crippen LogP contribution in [0, 0.1) is 10.8 Å². The fraction of sp³-hybridized carbons (Fsp3) is 1.00. The third kappa shape index (κ3) is 13.8. The van der Waals surface area contributed by atoms with E-state index in [1.165, 1.54) is 0 Å². The zero-order valence-electron chi connectivity index (χ0n) is 2.31. The Hall–Kier alpha value is -0.660. The monoisotopic (exact) mass is 86.2 g/mol. The summed E-state index contributed by atoms with van der Waals surface area (Å²) in [5, 5.41) is 12.0. The van der Waals surface area contributed by atoms with Crippen LogP contribution in [0.15, 0.2) is 0 Å². The SMILES string of the molecule is C.N.N.N#N.[HH].[HH].[HH].[HH]. The third-order valence-corrected chi connectivity index (χ3v) is 0. The molecule has 0 aromatic carbocycles. The molecule has 4 nitrogen and oxygen atoms in total. The largest absolute Gasteiger partial charge is 0.344 e. The van der Waals surface area contributed by atoms with E-state index in [0.29, 0.717) is 0 Å². The summed E-state index contributed by atoms with van der Waals surface area (Å²) >= 11 is 0. The summed E-state index contributed by atoms with van der Waals surface area (Å²) in [6.07, 6.45) is 0. The minimum Gasteiger partial charge on any atom is -0.344 e. The van der Waals surface area contributed by atoms with Gasteiger partial charge in [-0.25, -0.2) is 0 Å². The van der Waals surface area contributed by atoms with Crippen LogP contribution in [-0.2, 0) is 0 Å². The minimum atomic E-state index is 0. The van der Waals surface area contributed by atoms with Crippen LogP contribution in [0.3, 0.4) is 0 Å². The van der Waals surface area contributed by atoms with E-state index in [-0.39, 0.29) is 25.4 Å². The molecular weight excluding hydrogens is 68.0 g/mol. The number of hydrogen-bond acceptors (Lipinski definition) is 4. The first-order valence-electron chi connectivity index (χ1n) is 0.200. The van der Waals surface area contributed by atoms with Gasteiger partial charge in [0.15, 0.2) is 0 Å². The van der Waals surface area contributed by atoms with Crippen LogP contribution in [0.5, 0.6) is 0 Å². The van der Waals surface area contributed by atoms with E-state index in [2.05, 4.69) is 0 Å². The van der Waals surface area contributed by atoms with Crippen molar-refractivity contribution in [3.63, 3.8) is 0 Å². The van der Waals surface area contributed by atoms with Gasteiger partial charge >= 0.3 is 0 Å². The van der Waals surface area contributed by atoms with Crippen LogP contribution in [0.2, 0.25) is 0 Å². The second-order valence-corrected chi connectivity index (χ2v) is 0. The lowest BCUT2D eigenvalue weighted by atomic mass is 12.0. The van der Waals surface area contributed by atoms with Crippen molar-refractivity contribution in [2.75, 3.05) is 0 Å². The van der Waals surface area contributed by atoms with Gasteiger partial charge in [0, 0.05) is 16.5 Å². The van der Waals surface area contributed by atoms with E-state index in [1.54, 1.807) is 0 Å². The maximum absolute atomic E-state index is 6.00. The number of hydrogen-bond donors (Lipinski definition) is 2. The van der Waals surface area contributed by atoms with Gasteiger partial charge in [-0.05, 0) is 0 Å². The zero-order chi connectivity index (χ0) is 2.00. The van der Waals surface area contributed by atoms with E-state index in [4.69, 9.17) is 10.8 Å². The van der Waals surface area contributed by atoms with Crippen LogP contribution >= 0.6 is 0 Å². The Balaban J connectivity index is -0.000000000238. The smallest absolute Gasteiger partial charge is 0 e. The Morgan fingerprint density at radius 3 is 1.00 bits per heavy atom. The Morgan fingerprint density at radius 2 is 1.00 bits per heavy atom. The summed E-state index contributed by atoms with van der Waals surface area (Å²) in [5.74, 6) is 0. The molecule has 0 spiro atoms. The second-order valence-electron chi connectivity index (χ2n) is 0. The highest BCUT2D eigenvalue weighted by Gasteiger charge is 0.577. The predicted octanol–water partition coefficient (Wildman–Crippen LogP) is 1.97. The highest BCUT2D eigenvalue weighted by Crippen LogP contribution is 0.592. The van der Waals surface area contributed by atoms with Gasteiger partial charge in [-0.2, -0.15) is 0 Å². The van der Waals surface area contributed by atoms with Crippen molar-refractivity contribution < 1.29 is 5.71 Å². The molecule has 0 bridgehead atoms. The van der Waals surface area contributed by atoms with Gasteiger partial charge in [-0.1, -0.05) is 7.43 Å². The van der Waals surface area contributed by atoms with Gasteiger partial charge < -0.3 is 12.3 Å². The van der Waals surface area contributed by atoms with Crippen molar-refractivity contribution in [2.24, 2.45) is 0 Å². The molecule has 0 fully saturated rings. The summed E-state index contributed by atoms with van der Waals surface area (Å²) in [6.45, 7) is 0. The summed E-state index contributed by atoms with van der Waals surface area (Å²) in [5.41, 5.74) is 0. The van der Waals surface area contributed by atoms with Crippen LogP contribution in [0.25, 0.3) is 0 Å². The van der Waals surface area contributed by atoms with E-state index < -0.39 is 0 Å². The van der Waals surface area contributed by atoms with Crippen LogP contribution in [0.4, 0.5) is 0 Å². The van der Waals surface area contributed by atoms with Crippen LogP contribution in [-0.4, -0.2) is 0 Å². The molecule has 4 heteroatoms. The topological polar surface area (TPSA) is 118 Å². The van der Waals surface area contributed by atoms with Crippen molar-refractivity contribution in [3.05, 3.63) is 0 Å². The predicted molar refractivity (Wildman–Crippen MR) is 28.7 cm³/mol. The van der Waals surface area contributed by atoms with Crippen molar-refractivity contribution in [3.8, 4) is 0 Å². The zero-order valence-corrected chi connectivity index (χ0v) is 2.31. The first-order chi connectivity index (χ1) is 1.00. The first-order valence-corrected chi connectivity index (χ1v) is 0.200. The summed E-state index contributed by atoms with van der Waals surface area (Å²) < 4.78 is 0. The molecule has 5 heavy (non-hydrogen) atoms. The van der Waals surface area contributed by atoms with Gasteiger partial charge in [0.2, 0.25) is 0 Å². The van der Waals surface area contributed by atoms with Gasteiger partial charge in [0.1, 0.15) is 0 Å². The molecule has 0 saturated heterocycles. The minimum absolute atomic E-state index is 0. The maximum atomic E-state index is 6.00. The highest BCUT2D eigenvalue weighted by molar-refractivity contribution is 2.50. The van der Waals surface area contributed by atoms with E-state index >= 15 is 0 Å². The molecule has 0 unspecified atom stereocenters. The van der Waals surface area contributed by atoms with Gasteiger partial charge in [0.05, 0.1) is 0 Å². The third-order valence-electron chi connectivity index (χ3n) is 0. The second kappa shape index (κ2) is 42.0. The number of nitrogens with zero attached hydrogens (tertiary/aromatic N) is 2. The Labute approximate surface area is 37.7 Å². The quantitative estimate of drug-likeness (QED) is 0.438. The van der Waals surface area contributed by atoms with Crippen molar-refractivity contribution in [1.29, 1.82) is 10.8 Å². The maximum Gasteiger partial charge on any atom is 0 e. The molecule has 0 radical (unpaired) electrons. The molecule has 0 amide bonds. The average molecular weight is 86.2 g/mol. The van der Waals surface area contributed by atoms with E-state index in [1.807, 2.05) is 0 Å². The summed E-state index contributed by atoms with van der Waals surface area (Å²) in [7, 11) is 0. The fourth-order valence-corrected chi connectivity index (χ4v) is 0. The first kappa shape index (κ1) is 419. The summed E-state index contributed by atoms with van der Waals surface area (Å²) in [6, 6.07) is 0. The van der Waals surface area contributed by atoms with Crippen LogP contribution < -0.4 is 12.3 Å². The van der Waals surface area contributed by atoms with Crippen molar-refractivity contribution in [1.82, 2.24) is 12.3 Å². The number of rotatable bonds is 0. The molecule has 42 valence electrons. The molecule has 0 aliphatic heterocycles. The van der Waals surface area contributed by atoms with E-state index in [0.717, 1.165) is 0 Å². The molecular formula is CH18N4. The normalized spacial score (nSPS) is 0.400. The van der Waals surface area contributed by atoms with Crippen molar-refractivity contribution in [2.45, 2.75) is 7.43 Å². The van der Waals surface area contributed by atoms with Gasteiger partial charge in [0.25, 0.3) is 0 Å². The standard InChI is InChI=1S/CH4.N2.2H3N.4H2/c;1-2;;;;;;/h1H4;;2*1H3;4*1H. The van der Waals surface area contributed by atoms with E-state index in [9.17, 15) is 0 Å². The molecule has 0 aliphatic carbocycles. The molecule has 0 atom stereocenters. The molecule has 0 aliphatic rings. The molecule has 0 aromatic heterocycles. The Morgan fingerprint density at radius 1 is 1.00 bits per heavy atom. The van der Waals surface area contributed by atoms with Gasteiger partial charge in [-0.3, -0.25) is 0 Å². The van der Waals surface area contributed by atoms with Crippen molar-refractivity contribution >= 4 is 0 Å². The molecule has 0 aromatic rings. The molecule has 6 N–H and O–H groups in total. The Bertz CT molecular complexity index is 17.3. The average Bonchev–Trinajstić information content (AvgIpc) is 1.00. The Kier molecular flexibility index (Phi) is 3520.